The molecular weight excluding hydrogens is 335 g/mol. The third kappa shape index (κ3) is 4.70. The minimum Gasteiger partial charge on any atom is -0.474 e. The van der Waals surface area contributed by atoms with Gasteiger partial charge < -0.3 is 14.1 Å². The van der Waals surface area contributed by atoms with E-state index in [1.807, 2.05) is 0 Å². The lowest BCUT2D eigenvalue weighted by molar-refractivity contribution is -0.0165. The molecule has 2 N–H and O–H groups in total. The fraction of sp³-hybridized carbons (Fsp3) is 0.533. The second-order valence-corrected chi connectivity index (χ2v) is 7.21. The van der Waals surface area contributed by atoms with Crippen molar-refractivity contribution < 1.29 is 28.5 Å². The highest BCUT2D eigenvalue weighted by molar-refractivity contribution is 7.46. The Kier molecular flexibility index (Phi) is 5.10. The van der Waals surface area contributed by atoms with Gasteiger partial charge in [0.05, 0.1) is 0 Å². The highest BCUT2D eigenvalue weighted by Gasteiger charge is 2.35. The Morgan fingerprint density at radius 1 is 1.21 bits per heavy atom. The molecule has 1 aromatic carbocycles. The van der Waals surface area contributed by atoms with Gasteiger partial charge >= 0.3 is 7.82 Å². The molecule has 8 nitrogen and oxygen atoms in total. The minimum atomic E-state index is -4.55. The molecule has 0 radical (unpaired) electrons. The number of nitrogens with zero attached hydrogens (tertiary/aromatic N) is 2. The zero-order chi connectivity index (χ0) is 17.2. The van der Waals surface area contributed by atoms with Crippen LogP contribution in [0.4, 0.5) is 0 Å². The van der Waals surface area contributed by atoms with Crippen molar-refractivity contribution in [3.8, 4) is 11.5 Å². The van der Waals surface area contributed by atoms with Crippen LogP contribution in [0.3, 0.4) is 0 Å². The molecule has 24 heavy (non-hydrogen) atoms. The van der Waals surface area contributed by atoms with Crippen LogP contribution >= 0.6 is 7.82 Å². The molecule has 3 heterocycles. The van der Waals surface area contributed by atoms with Gasteiger partial charge in [0.2, 0.25) is 5.90 Å². The lowest BCUT2D eigenvalue weighted by Gasteiger charge is -2.44. The summed E-state index contributed by atoms with van der Waals surface area (Å²) in [7, 11) is -4.55. The van der Waals surface area contributed by atoms with Gasteiger partial charge in [-0.25, -0.2) is 4.57 Å². The van der Waals surface area contributed by atoms with E-state index < -0.39 is 7.82 Å². The fourth-order valence-electron chi connectivity index (χ4n) is 3.10. The third-order valence-electron chi connectivity index (χ3n) is 4.25. The molecule has 2 bridgehead atoms. The van der Waals surface area contributed by atoms with Gasteiger partial charge in [0, 0.05) is 13.5 Å². The molecule has 9 heteroatoms. The number of phosphoric acid groups is 1. The topological polar surface area (TPSA) is 101 Å². The van der Waals surface area contributed by atoms with Crippen LogP contribution in [-0.4, -0.2) is 46.3 Å². The van der Waals surface area contributed by atoms with Crippen molar-refractivity contribution in [1.29, 1.82) is 0 Å². The SMILES string of the molecule is C/C(=N/Oc1ccc(OP(=O)(O)O)cc1)OC1CN2CCC1CC2. The Balaban J connectivity index is 1.52. The fourth-order valence-corrected chi connectivity index (χ4v) is 3.50. The van der Waals surface area contributed by atoms with Crippen LogP contribution in [0, 0.1) is 5.92 Å². The number of hydrogen-bond donors (Lipinski definition) is 2. The molecule has 1 atom stereocenters. The maximum Gasteiger partial charge on any atom is 0.524 e. The number of rotatable bonds is 5. The lowest BCUT2D eigenvalue weighted by Crippen LogP contribution is -2.51. The second-order valence-electron chi connectivity index (χ2n) is 6.05. The first-order valence-electron chi connectivity index (χ1n) is 7.85. The van der Waals surface area contributed by atoms with E-state index in [0.717, 1.165) is 19.6 Å². The quantitative estimate of drug-likeness (QED) is 0.360. The summed E-state index contributed by atoms with van der Waals surface area (Å²) >= 11 is 0. The Morgan fingerprint density at radius 3 is 2.38 bits per heavy atom. The van der Waals surface area contributed by atoms with E-state index in [1.165, 1.54) is 37.1 Å². The first-order valence-corrected chi connectivity index (χ1v) is 9.38. The summed E-state index contributed by atoms with van der Waals surface area (Å²) < 4.78 is 21.1. The van der Waals surface area contributed by atoms with Crippen LogP contribution in [-0.2, 0) is 9.30 Å². The molecule has 0 saturated carbocycles. The monoisotopic (exact) mass is 356 g/mol. The average Bonchev–Trinajstić information content (AvgIpc) is 2.54. The normalized spacial score (nSPS) is 27.0. The number of fused-ring (bicyclic) bond motifs is 3. The van der Waals surface area contributed by atoms with E-state index in [4.69, 9.17) is 19.4 Å². The molecular formula is C15H21N2O6P. The molecule has 3 fully saturated rings. The number of hydrogen-bond acceptors (Lipinski definition) is 6. The molecule has 4 rings (SSSR count). The Morgan fingerprint density at radius 2 is 1.83 bits per heavy atom. The molecule has 0 amide bonds. The van der Waals surface area contributed by atoms with Crippen molar-refractivity contribution in [2.75, 3.05) is 19.6 Å². The molecule has 0 aromatic heterocycles. The summed E-state index contributed by atoms with van der Waals surface area (Å²) in [5, 5.41) is 3.96. The van der Waals surface area contributed by atoms with Gasteiger partial charge in [-0.15, -0.1) is 0 Å². The van der Waals surface area contributed by atoms with Crippen molar-refractivity contribution in [3.05, 3.63) is 24.3 Å². The minimum absolute atomic E-state index is 0.0555. The van der Waals surface area contributed by atoms with Crippen molar-refractivity contribution in [1.82, 2.24) is 4.90 Å². The standard InChI is InChI=1S/C15H21N2O6P/c1-11(21-15-10-17-8-6-12(15)7-9-17)16-22-13-2-4-14(5-3-13)23-24(18,19)20/h2-5,12,15H,6-10H2,1H3,(H2,18,19,20)/b16-11-. The smallest absolute Gasteiger partial charge is 0.474 e. The molecule has 3 aliphatic heterocycles. The molecule has 0 aliphatic carbocycles. The van der Waals surface area contributed by atoms with E-state index in [-0.39, 0.29) is 11.9 Å². The highest BCUT2D eigenvalue weighted by Crippen LogP contribution is 2.37. The average molecular weight is 356 g/mol. The van der Waals surface area contributed by atoms with E-state index in [9.17, 15) is 4.57 Å². The van der Waals surface area contributed by atoms with Gasteiger partial charge in [-0.05, 0) is 61.3 Å². The summed E-state index contributed by atoms with van der Waals surface area (Å²) in [5.74, 6) is 1.53. The van der Waals surface area contributed by atoms with E-state index in [2.05, 4.69) is 14.6 Å². The Labute approximate surface area is 140 Å². The summed E-state index contributed by atoms with van der Waals surface area (Å²) in [6, 6.07) is 5.81. The van der Waals surface area contributed by atoms with Gasteiger partial charge in [0.25, 0.3) is 0 Å². The van der Waals surface area contributed by atoms with Crippen molar-refractivity contribution in [3.63, 3.8) is 0 Å². The van der Waals surface area contributed by atoms with Crippen LogP contribution in [0.15, 0.2) is 29.4 Å². The predicted molar refractivity (Wildman–Crippen MR) is 86.9 cm³/mol. The molecule has 132 valence electrons. The van der Waals surface area contributed by atoms with Gasteiger partial charge in [-0.3, -0.25) is 14.7 Å². The van der Waals surface area contributed by atoms with Crippen molar-refractivity contribution in [2.45, 2.75) is 25.9 Å². The molecule has 0 spiro atoms. The Hall–Kier alpha value is -1.60. The number of benzene rings is 1. The van der Waals surface area contributed by atoms with Crippen LogP contribution < -0.4 is 9.36 Å². The van der Waals surface area contributed by atoms with Crippen LogP contribution in [0.25, 0.3) is 0 Å². The maximum absolute atomic E-state index is 10.7. The van der Waals surface area contributed by atoms with E-state index >= 15 is 0 Å². The van der Waals surface area contributed by atoms with Crippen LogP contribution in [0.1, 0.15) is 19.8 Å². The van der Waals surface area contributed by atoms with Crippen LogP contribution in [0.5, 0.6) is 11.5 Å². The number of ether oxygens (including phenoxy) is 1. The number of piperidine rings is 3. The van der Waals surface area contributed by atoms with Crippen molar-refractivity contribution >= 4 is 13.7 Å². The second kappa shape index (κ2) is 7.11. The first kappa shape index (κ1) is 17.2. The summed E-state index contributed by atoms with van der Waals surface area (Å²) in [6.45, 7) is 5.00. The Bertz CT molecular complexity index is 636. The number of oxime groups is 1. The van der Waals surface area contributed by atoms with E-state index in [0.29, 0.717) is 17.6 Å². The van der Waals surface area contributed by atoms with E-state index in [1.54, 1.807) is 6.92 Å². The number of phosphoric ester groups is 1. The van der Waals surface area contributed by atoms with Gasteiger partial charge in [-0.2, -0.15) is 0 Å². The lowest BCUT2D eigenvalue weighted by atomic mass is 9.86. The molecule has 3 aliphatic rings. The van der Waals surface area contributed by atoms with Crippen LogP contribution in [0.2, 0.25) is 0 Å². The largest absolute Gasteiger partial charge is 0.524 e. The maximum atomic E-state index is 10.7. The predicted octanol–water partition coefficient (Wildman–Crippen LogP) is 1.98. The first-order chi connectivity index (χ1) is 11.4. The molecule has 3 saturated heterocycles. The van der Waals surface area contributed by atoms with Gasteiger partial charge in [0.1, 0.15) is 11.9 Å². The third-order valence-corrected chi connectivity index (χ3v) is 4.69. The molecule has 1 aromatic rings. The van der Waals surface area contributed by atoms with Gasteiger partial charge in [0.15, 0.2) is 5.75 Å². The zero-order valence-electron chi connectivity index (χ0n) is 13.4. The zero-order valence-corrected chi connectivity index (χ0v) is 14.3. The highest BCUT2D eigenvalue weighted by atomic mass is 31.2. The summed E-state index contributed by atoms with van der Waals surface area (Å²) in [6.07, 6.45) is 2.50. The summed E-state index contributed by atoms with van der Waals surface area (Å²) in [5.41, 5.74) is 0. The van der Waals surface area contributed by atoms with Gasteiger partial charge in [-0.1, -0.05) is 0 Å². The summed E-state index contributed by atoms with van der Waals surface area (Å²) in [4.78, 5) is 25.1. The van der Waals surface area contributed by atoms with Crippen molar-refractivity contribution in [2.24, 2.45) is 11.1 Å². The molecule has 1 unspecified atom stereocenters.